The predicted octanol–water partition coefficient (Wildman–Crippen LogP) is 2.71. The number of hydrogen-bond acceptors (Lipinski definition) is 3. The number of halogens is 2. The average Bonchev–Trinajstić information content (AvgIpc) is 2.80. The molecule has 1 aromatic carbocycles. The quantitative estimate of drug-likeness (QED) is 0.895. The minimum Gasteiger partial charge on any atom is -0.392 e. The maximum atomic E-state index is 12.3. The summed E-state index contributed by atoms with van der Waals surface area (Å²) in [4.78, 5) is -0.0329. The molecule has 1 saturated carbocycles. The second-order valence-corrected chi connectivity index (χ2v) is 7.13. The number of aliphatic hydroxyl groups is 1. The largest absolute Gasteiger partial charge is 0.392 e. The number of benzene rings is 1. The smallest absolute Gasteiger partial charge is 0.242 e. The second kappa shape index (κ2) is 5.97. The molecule has 106 valence electrons. The number of aliphatic hydroxyl groups excluding tert-OH is 1. The third kappa shape index (κ3) is 3.41. The van der Waals surface area contributed by atoms with Crippen LogP contribution in [0.25, 0.3) is 0 Å². The Hall–Kier alpha value is -0.330. The van der Waals surface area contributed by atoms with Crippen molar-refractivity contribution < 1.29 is 13.5 Å². The van der Waals surface area contributed by atoms with Gasteiger partial charge in [-0.05, 0) is 30.5 Å². The van der Waals surface area contributed by atoms with Crippen LogP contribution in [0, 0.1) is 0 Å². The van der Waals surface area contributed by atoms with Gasteiger partial charge in [-0.15, -0.1) is 0 Å². The van der Waals surface area contributed by atoms with Crippen molar-refractivity contribution in [2.24, 2.45) is 0 Å². The summed E-state index contributed by atoms with van der Waals surface area (Å²) in [6.07, 6.45) is 3.75. The molecule has 0 unspecified atom stereocenters. The van der Waals surface area contributed by atoms with Gasteiger partial charge in [-0.25, -0.2) is 13.1 Å². The molecule has 1 aliphatic rings. The molecule has 1 aliphatic carbocycles. The van der Waals surface area contributed by atoms with E-state index in [4.69, 9.17) is 28.3 Å². The summed E-state index contributed by atoms with van der Waals surface area (Å²) in [6.45, 7) is -0.331. The third-order valence-electron chi connectivity index (χ3n) is 3.24. The van der Waals surface area contributed by atoms with E-state index in [1.54, 1.807) is 0 Å². The molecule has 2 N–H and O–H groups in total. The van der Waals surface area contributed by atoms with Gasteiger partial charge in [0, 0.05) is 11.1 Å². The van der Waals surface area contributed by atoms with Crippen LogP contribution in [-0.2, 0) is 16.6 Å². The highest BCUT2D eigenvalue weighted by atomic mass is 35.5. The zero-order chi connectivity index (χ0) is 14.0. The van der Waals surface area contributed by atoms with E-state index >= 15 is 0 Å². The molecule has 0 saturated heterocycles. The maximum absolute atomic E-state index is 12.3. The summed E-state index contributed by atoms with van der Waals surface area (Å²) in [5.41, 5.74) is 0.345. The standard InChI is InChI=1S/C12H15Cl2NO3S/c13-10-6-11(14)12(5-8(10)7-16)19(17,18)15-9-3-1-2-4-9/h5-6,9,15-16H,1-4,7H2. The van der Waals surface area contributed by atoms with Gasteiger partial charge in [-0.1, -0.05) is 36.0 Å². The van der Waals surface area contributed by atoms with Crippen LogP contribution in [0.3, 0.4) is 0 Å². The third-order valence-corrected chi connectivity index (χ3v) is 5.57. The molecule has 0 atom stereocenters. The number of nitrogens with one attached hydrogen (secondary N) is 1. The molecule has 0 aromatic heterocycles. The molecule has 0 amide bonds. The summed E-state index contributed by atoms with van der Waals surface area (Å²) >= 11 is 11.8. The van der Waals surface area contributed by atoms with Gasteiger partial charge in [0.2, 0.25) is 10.0 Å². The molecule has 2 rings (SSSR count). The summed E-state index contributed by atoms with van der Waals surface area (Å²) < 4.78 is 27.2. The zero-order valence-electron chi connectivity index (χ0n) is 10.2. The monoisotopic (exact) mass is 323 g/mol. The highest BCUT2D eigenvalue weighted by molar-refractivity contribution is 7.89. The Bertz CT molecular complexity index is 569. The molecule has 1 fully saturated rings. The van der Waals surface area contributed by atoms with Gasteiger partial charge >= 0.3 is 0 Å². The lowest BCUT2D eigenvalue weighted by Crippen LogP contribution is -2.32. The van der Waals surface area contributed by atoms with Crippen LogP contribution >= 0.6 is 23.2 Å². The van der Waals surface area contributed by atoms with Crippen LogP contribution in [0.5, 0.6) is 0 Å². The fourth-order valence-electron chi connectivity index (χ4n) is 2.22. The Labute approximate surface area is 122 Å². The van der Waals surface area contributed by atoms with Crippen molar-refractivity contribution >= 4 is 33.2 Å². The Balaban J connectivity index is 2.33. The van der Waals surface area contributed by atoms with Crippen molar-refractivity contribution in [1.29, 1.82) is 0 Å². The first-order valence-corrected chi connectivity index (χ1v) is 8.29. The number of rotatable bonds is 4. The molecular weight excluding hydrogens is 309 g/mol. The van der Waals surface area contributed by atoms with Crippen molar-refractivity contribution in [3.05, 3.63) is 27.7 Å². The molecular formula is C12H15Cl2NO3S. The molecule has 0 aliphatic heterocycles. The van der Waals surface area contributed by atoms with E-state index < -0.39 is 10.0 Å². The van der Waals surface area contributed by atoms with E-state index in [1.807, 2.05) is 0 Å². The van der Waals surface area contributed by atoms with Crippen LogP contribution in [0.4, 0.5) is 0 Å². The van der Waals surface area contributed by atoms with Crippen LogP contribution in [0.2, 0.25) is 10.0 Å². The van der Waals surface area contributed by atoms with E-state index in [0.717, 1.165) is 25.7 Å². The molecule has 4 nitrogen and oxygen atoms in total. The van der Waals surface area contributed by atoms with E-state index in [-0.39, 0.29) is 27.6 Å². The van der Waals surface area contributed by atoms with Crippen molar-refractivity contribution in [3.8, 4) is 0 Å². The minimum absolute atomic E-state index is 0.0329. The Kier molecular flexibility index (Phi) is 4.74. The summed E-state index contributed by atoms with van der Waals surface area (Å²) in [6, 6.07) is 2.63. The van der Waals surface area contributed by atoms with Crippen molar-refractivity contribution in [2.75, 3.05) is 0 Å². The number of hydrogen-bond donors (Lipinski definition) is 2. The highest BCUT2D eigenvalue weighted by Gasteiger charge is 2.25. The molecule has 1 aromatic rings. The van der Waals surface area contributed by atoms with Crippen LogP contribution < -0.4 is 4.72 Å². The first kappa shape index (κ1) is 15.1. The lowest BCUT2D eigenvalue weighted by molar-refractivity contribution is 0.281. The number of sulfonamides is 1. The molecule has 0 heterocycles. The van der Waals surface area contributed by atoms with Crippen LogP contribution in [-0.4, -0.2) is 19.6 Å². The maximum Gasteiger partial charge on any atom is 0.242 e. The normalized spacial score (nSPS) is 17.0. The summed E-state index contributed by atoms with van der Waals surface area (Å²) in [7, 11) is -3.68. The lowest BCUT2D eigenvalue weighted by Gasteiger charge is -2.14. The van der Waals surface area contributed by atoms with Gasteiger partial charge in [0.05, 0.1) is 11.6 Å². The fourth-order valence-corrected chi connectivity index (χ4v) is 4.39. The van der Waals surface area contributed by atoms with Gasteiger partial charge in [0.25, 0.3) is 0 Å². The summed E-state index contributed by atoms with van der Waals surface area (Å²) in [5.74, 6) is 0. The van der Waals surface area contributed by atoms with Crippen LogP contribution in [0.1, 0.15) is 31.2 Å². The van der Waals surface area contributed by atoms with Crippen molar-refractivity contribution in [2.45, 2.75) is 43.2 Å². The Morgan fingerprint density at radius 2 is 1.84 bits per heavy atom. The average molecular weight is 324 g/mol. The fraction of sp³-hybridized carbons (Fsp3) is 0.500. The van der Waals surface area contributed by atoms with Gasteiger partial charge in [-0.3, -0.25) is 0 Å². The van der Waals surface area contributed by atoms with Crippen LogP contribution in [0.15, 0.2) is 17.0 Å². The topological polar surface area (TPSA) is 66.4 Å². The van der Waals surface area contributed by atoms with Gasteiger partial charge in [0.1, 0.15) is 4.90 Å². The van der Waals surface area contributed by atoms with E-state index in [1.165, 1.54) is 12.1 Å². The van der Waals surface area contributed by atoms with E-state index in [9.17, 15) is 8.42 Å². The first-order valence-electron chi connectivity index (χ1n) is 6.05. The van der Waals surface area contributed by atoms with Crippen molar-refractivity contribution in [3.63, 3.8) is 0 Å². The van der Waals surface area contributed by atoms with Gasteiger partial charge in [-0.2, -0.15) is 0 Å². The summed E-state index contributed by atoms with van der Waals surface area (Å²) in [5, 5.41) is 9.46. The SMILES string of the molecule is O=S(=O)(NC1CCCC1)c1cc(CO)c(Cl)cc1Cl. The first-order chi connectivity index (χ1) is 8.94. The van der Waals surface area contributed by atoms with Gasteiger partial charge in [0.15, 0.2) is 0 Å². The van der Waals surface area contributed by atoms with E-state index in [2.05, 4.69) is 4.72 Å². The molecule has 0 spiro atoms. The zero-order valence-corrected chi connectivity index (χ0v) is 12.5. The Morgan fingerprint density at radius 3 is 2.42 bits per heavy atom. The second-order valence-electron chi connectivity index (χ2n) is 4.63. The minimum atomic E-state index is -3.68. The molecule has 0 bridgehead atoms. The Morgan fingerprint density at radius 1 is 1.21 bits per heavy atom. The highest BCUT2D eigenvalue weighted by Crippen LogP contribution is 2.29. The lowest BCUT2D eigenvalue weighted by atomic mass is 10.2. The van der Waals surface area contributed by atoms with Crippen molar-refractivity contribution in [1.82, 2.24) is 4.72 Å². The van der Waals surface area contributed by atoms with E-state index in [0.29, 0.717) is 5.56 Å². The van der Waals surface area contributed by atoms with Gasteiger partial charge < -0.3 is 5.11 Å². The molecule has 0 radical (unpaired) electrons. The molecule has 19 heavy (non-hydrogen) atoms. The predicted molar refractivity (Wildman–Crippen MR) is 75.0 cm³/mol. The molecule has 7 heteroatoms.